The van der Waals surface area contributed by atoms with Gasteiger partial charge in [0, 0.05) is 22.5 Å². The molecule has 3 aromatic carbocycles. The molecule has 1 heterocycles. The first-order valence-corrected chi connectivity index (χ1v) is 12.8. The van der Waals surface area contributed by atoms with E-state index in [2.05, 4.69) is 84.3 Å². The maximum Gasteiger partial charge on any atom is 0.147 e. The number of anilines is 1. The van der Waals surface area contributed by atoms with Crippen LogP contribution in [-0.4, -0.2) is 9.55 Å². The van der Waals surface area contributed by atoms with Crippen LogP contribution in [0.4, 0.5) is 5.69 Å². The number of benzene rings is 3. The van der Waals surface area contributed by atoms with E-state index in [-0.39, 0.29) is 5.54 Å². The Labute approximate surface area is 212 Å². The molecule has 2 aliphatic carbocycles. The Morgan fingerprint density at radius 2 is 1.61 bits per heavy atom. The average Bonchev–Trinajstić information content (AvgIpc) is 3.23. The summed E-state index contributed by atoms with van der Waals surface area (Å²) in [6.07, 6.45) is 10.9. The van der Waals surface area contributed by atoms with Crippen molar-refractivity contribution in [2.45, 2.75) is 38.1 Å². The fourth-order valence-corrected chi connectivity index (χ4v) is 5.46. The third kappa shape index (κ3) is 3.88. The molecular weight excluding hydrogens is 440 g/mol. The number of imidazole rings is 1. The lowest BCUT2D eigenvalue weighted by Crippen LogP contribution is -2.43. The first-order chi connectivity index (χ1) is 17.5. The third-order valence-corrected chi connectivity index (χ3v) is 7.81. The Kier molecular flexibility index (Phi) is 5.62. The number of hydrogen-bond acceptors (Lipinski definition) is 3. The van der Waals surface area contributed by atoms with E-state index in [1.165, 1.54) is 23.1 Å². The predicted octanol–water partition coefficient (Wildman–Crippen LogP) is 5.14. The Morgan fingerprint density at radius 1 is 0.889 bits per heavy atom. The maximum absolute atomic E-state index is 6.61. The third-order valence-electron chi connectivity index (χ3n) is 7.81. The first kappa shape index (κ1) is 22.6. The largest absolute Gasteiger partial charge is 0.398 e. The molecule has 1 unspecified atom stereocenters. The quantitative estimate of drug-likeness (QED) is 0.404. The van der Waals surface area contributed by atoms with Gasteiger partial charge in [-0.3, -0.25) is 4.57 Å². The second-order valence-corrected chi connectivity index (χ2v) is 10.2. The smallest absolute Gasteiger partial charge is 0.147 e. The van der Waals surface area contributed by atoms with E-state index in [0.29, 0.717) is 5.92 Å². The number of aromatic nitrogens is 2. The van der Waals surface area contributed by atoms with Gasteiger partial charge in [-0.15, -0.1) is 0 Å². The summed E-state index contributed by atoms with van der Waals surface area (Å²) in [5.74, 6) is 1.23. The van der Waals surface area contributed by atoms with Gasteiger partial charge < -0.3 is 11.5 Å². The highest BCUT2D eigenvalue weighted by Gasteiger charge is 2.34. The van der Waals surface area contributed by atoms with Crippen molar-refractivity contribution < 1.29 is 0 Å². The molecular formula is C32H32N4. The van der Waals surface area contributed by atoms with Gasteiger partial charge in [0.25, 0.3) is 0 Å². The van der Waals surface area contributed by atoms with Crippen LogP contribution in [0.1, 0.15) is 43.7 Å². The van der Waals surface area contributed by atoms with Gasteiger partial charge in [-0.25, -0.2) is 4.98 Å². The lowest BCUT2D eigenvalue weighted by atomic mass is 9.73. The number of nitrogens with zero attached hydrogens (tertiary/aromatic N) is 2. The fraction of sp³-hybridized carbons (Fsp3) is 0.219. The highest BCUT2D eigenvalue weighted by atomic mass is 15.1. The minimum Gasteiger partial charge on any atom is -0.398 e. The van der Waals surface area contributed by atoms with Crippen LogP contribution in [0.2, 0.25) is 0 Å². The summed E-state index contributed by atoms with van der Waals surface area (Å²) in [6, 6.07) is 27.3. The highest BCUT2D eigenvalue weighted by molar-refractivity contribution is 5.76. The van der Waals surface area contributed by atoms with Crippen LogP contribution in [0.5, 0.6) is 0 Å². The summed E-state index contributed by atoms with van der Waals surface area (Å²) in [5, 5.41) is 2.05. The van der Waals surface area contributed by atoms with Gasteiger partial charge in [-0.05, 0) is 78.6 Å². The minimum absolute atomic E-state index is 0.178. The van der Waals surface area contributed by atoms with E-state index in [1.54, 1.807) is 0 Å². The minimum atomic E-state index is -0.178. The Balaban J connectivity index is 1.55. The molecule has 4 heteroatoms. The molecule has 4 nitrogen and oxygen atoms in total. The molecule has 0 aliphatic heterocycles. The number of para-hydroxylation sites is 1. The second kappa shape index (κ2) is 8.96. The molecule has 0 saturated heterocycles. The monoisotopic (exact) mass is 472 g/mol. The average molecular weight is 473 g/mol. The predicted molar refractivity (Wildman–Crippen MR) is 150 cm³/mol. The summed E-state index contributed by atoms with van der Waals surface area (Å²) in [5.41, 5.74) is 19.4. The van der Waals surface area contributed by atoms with Gasteiger partial charge in [0.05, 0.1) is 10.7 Å². The van der Waals surface area contributed by atoms with Crippen molar-refractivity contribution in [2.24, 2.45) is 11.7 Å². The van der Waals surface area contributed by atoms with Gasteiger partial charge in [0.1, 0.15) is 5.82 Å². The summed E-state index contributed by atoms with van der Waals surface area (Å²) in [7, 11) is 0. The number of allylic oxidation sites excluding steroid dienone is 2. The SMILES string of the molecule is CC1CC=c2c(nc(-c3ccccc3N)n2-c2ccc(C3(N)CCC3)cc2)=CC=C1c1ccccc1. The zero-order valence-corrected chi connectivity index (χ0v) is 20.7. The van der Waals surface area contributed by atoms with E-state index < -0.39 is 0 Å². The van der Waals surface area contributed by atoms with E-state index in [9.17, 15) is 0 Å². The van der Waals surface area contributed by atoms with Gasteiger partial charge >= 0.3 is 0 Å². The zero-order valence-electron chi connectivity index (χ0n) is 20.7. The Hall–Kier alpha value is -3.89. The topological polar surface area (TPSA) is 69.9 Å². The molecule has 2 aliphatic rings. The maximum atomic E-state index is 6.61. The van der Waals surface area contributed by atoms with Crippen molar-refractivity contribution in [1.29, 1.82) is 0 Å². The van der Waals surface area contributed by atoms with Crippen molar-refractivity contribution >= 4 is 23.4 Å². The highest BCUT2D eigenvalue weighted by Crippen LogP contribution is 2.39. The normalized spacial score (nSPS) is 18.5. The molecule has 180 valence electrons. The molecule has 6 rings (SSSR count). The molecule has 1 aromatic heterocycles. The van der Waals surface area contributed by atoms with Crippen LogP contribution in [0, 0.1) is 5.92 Å². The fourth-order valence-electron chi connectivity index (χ4n) is 5.46. The number of nitrogens with two attached hydrogens (primary N) is 2. The Morgan fingerprint density at radius 3 is 2.31 bits per heavy atom. The Bertz CT molecular complexity index is 1550. The summed E-state index contributed by atoms with van der Waals surface area (Å²) >= 11 is 0. The van der Waals surface area contributed by atoms with Crippen LogP contribution in [0.15, 0.2) is 84.9 Å². The van der Waals surface area contributed by atoms with Crippen molar-refractivity contribution in [3.05, 3.63) is 107 Å². The molecule has 1 fully saturated rings. The van der Waals surface area contributed by atoms with Crippen LogP contribution >= 0.6 is 0 Å². The van der Waals surface area contributed by atoms with Crippen molar-refractivity contribution in [3.8, 4) is 17.1 Å². The van der Waals surface area contributed by atoms with Gasteiger partial charge in [-0.1, -0.05) is 73.7 Å². The molecule has 0 radical (unpaired) electrons. The molecule has 4 aromatic rings. The van der Waals surface area contributed by atoms with Crippen LogP contribution in [-0.2, 0) is 5.54 Å². The summed E-state index contributed by atoms with van der Waals surface area (Å²) < 4.78 is 2.25. The second-order valence-electron chi connectivity index (χ2n) is 10.2. The zero-order chi connectivity index (χ0) is 24.7. The van der Waals surface area contributed by atoms with E-state index in [4.69, 9.17) is 16.5 Å². The van der Waals surface area contributed by atoms with E-state index in [1.807, 2.05) is 24.3 Å². The molecule has 36 heavy (non-hydrogen) atoms. The van der Waals surface area contributed by atoms with Crippen molar-refractivity contribution in [1.82, 2.24) is 9.55 Å². The summed E-state index contributed by atoms with van der Waals surface area (Å²) in [4.78, 5) is 5.14. The van der Waals surface area contributed by atoms with Gasteiger partial charge in [0.15, 0.2) is 0 Å². The molecule has 4 N–H and O–H groups in total. The first-order valence-electron chi connectivity index (χ1n) is 12.8. The number of fused-ring (bicyclic) bond motifs is 1. The van der Waals surface area contributed by atoms with Crippen LogP contribution in [0.3, 0.4) is 0 Å². The standard InChI is InChI=1S/C32H32N4/c1-22-12-19-30-29(18-17-26(22)23-8-3-2-4-9-23)35-31(27-10-5-6-11-28(27)33)36(30)25-15-13-24(14-16-25)32(34)20-7-21-32/h2-6,8-11,13-19,22H,7,12,20-21,33-34H2,1H3. The molecule has 0 bridgehead atoms. The molecule has 0 spiro atoms. The molecule has 1 atom stereocenters. The molecule has 0 amide bonds. The number of hydrogen-bond donors (Lipinski definition) is 2. The number of rotatable bonds is 4. The van der Waals surface area contributed by atoms with Crippen LogP contribution in [0.25, 0.3) is 34.8 Å². The van der Waals surface area contributed by atoms with Crippen LogP contribution < -0.4 is 22.2 Å². The van der Waals surface area contributed by atoms with Gasteiger partial charge in [0.2, 0.25) is 0 Å². The van der Waals surface area contributed by atoms with E-state index >= 15 is 0 Å². The summed E-state index contributed by atoms with van der Waals surface area (Å²) in [6.45, 7) is 2.29. The van der Waals surface area contributed by atoms with Crippen molar-refractivity contribution in [2.75, 3.05) is 5.73 Å². The lowest BCUT2D eigenvalue weighted by molar-refractivity contribution is 0.253. The van der Waals surface area contributed by atoms with Crippen molar-refractivity contribution in [3.63, 3.8) is 0 Å². The van der Waals surface area contributed by atoms with E-state index in [0.717, 1.165) is 52.7 Å². The lowest BCUT2D eigenvalue weighted by Gasteiger charge is -2.38. The molecule has 1 saturated carbocycles. The number of nitrogen functional groups attached to an aromatic ring is 1. The van der Waals surface area contributed by atoms with Gasteiger partial charge in [-0.2, -0.15) is 0 Å².